The molecule has 9 heteroatoms. The summed E-state index contributed by atoms with van der Waals surface area (Å²) in [5.41, 5.74) is 1.68. The summed E-state index contributed by atoms with van der Waals surface area (Å²) in [5.74, 6) is -1.47. The maximum atomic E-state index is 12.8. The Morgan fingerprint density at radius 3 is 2.47 bits per heavy atom. The van der Waals surface area contributed by atoms with Crippen molar-refractivity contribution in [3.05, 3.63) is 106 Å². The highest BCUT2D eigenvalue weighted by molar-refractivity contribution is 6.23. The van der Waals surface area contributed by atoms with E-state index in [9.17, 15) is 19.2 Å². The molecule has 0 fully saturated rings. The van der Waals surface area contributed by atoms with Gasteiger partial charge in [0.2, 0.25) is 5.89 Å². The van der Waals surface area contributed by atoms with E-state index in [1.165, 1.54) is 25.1 Å². The third-order valence-corrected chi connectivity index (χ3v) is 5.70. The maximum absolute atomic E-state index is 12.8. The van der Waals surface area contributed by atoms with Gasteiger partial charge in [0.1, 0.15) is 0 Å². The van der Waals surface area contributed by atoms with E-state index in [-0.39, 0.29) is 28.3 Å². The molecule has 174 valence electrons. The molecular formula is C27H16N4O5. The number of rotatable bonds is 4. The second-order valence-corrected chi connectivity index (χ2v) is 7.98. The van der Waals surface area contributed by atoms with E-state index >= 15 is 0 Å². The molecule has 0 saturated heterocycles. The lowest BCUT2D eigenvalue weighted by molar-refractivity contribution is 0.0704. The number of hydrogen-bond donors (Lipinski definition) is 1. The third-order valence-electron chi connectivity index (χ3n) is 5.70. The van der Waals surface area contributed by atoms with Gasteiger partial charge in [-0.1, -0.05) is 12.1 Å². The molecule has 1 aliphatic rings. The van der Waals surface area contributed by atoms with Crippen molar-refractivity contribution in [2.75, 3.05) is 5.32 Å². The summed E-state index contributed by atoms with van der Waals surface area (Å²) in [6.45, 7) is 1.49. The van der Waals surface area contributed by atoms with Crippen LogP contribution >= 0.6 is 0 Å². The first kappa shape index (κ1) is 22.4. The fourth-order valence-electron chi connectivity index (χ4n) is 3.90. The van der Waals surface area contributed by atoms with Gasteiger partial charge in [0.25, 0.3) is 17.7 Å². The average Bonchev–Trinajstić information content (AvgIpc) is 3.13. The van der Waals surface area contributed by atoms with Gasteiger partial charge >= 0.3 is 5.63 Å². The highest BCUT2D eigenvalue weighted by Crippen LogP contribution is 2.27. The maximum Gasteiger partial charge on any atom is 0.347 e. The molecule has 1 N–H and O–H groups in total. The van der Waals surface area contributed by atoms with Gasteiger partial charge in [-0.25, -0.2) is 14.7 Å². The molecule has 1 aromatic heterocycles. The molecule has 0 aliphatic carbocycles. The number of nitrogens with one attached hydrogen (secondary N) is 1. The van der Waals surface area contributed by atoms with E-state index in [1.807, 2.05) is 0 Å². The number of carbonyl (C=O) groups is 3. The van der Waals surface area contributed by atoms with Crippen molar-refractivity contribution in [2.45, 2.75) is 6.92 Å². The van der Waals surface area contributed by atoms with E-state index in [0.29, 0.717) is 22.2 Å². The Morgan fingerprint density at radius 1 is 1.00 bits per heavy atom. The minimum Gasteiger partial charge on any atom is -0.403 e. The van der Waals surface area contributed by atoms with Gasteiger partial charge < -0.3 is 9.73 Å². The van der Waals surface area contributed by atoms with Crippen molar-refractivity contribution in [3.63, 3.8) is 0 Å². The number of hydrogen-bond acceptors (Lipinski definition) is 7. The van der Waals surface area contributed by atoms with Crippen LogP contribution in [0.4, 0.5) is 5.69 Å². The van der Waals surface area contributed by atoms with Gasteiger partial charge in [0, 0.05) is 28.6 Å². The number of para-hydroxylation sites is 1. The van der Waals surface area contributed by atoms with Crippen molar-refractivity contribution in [2.24, 2.45) is 0 Å². The topological polar surface area (TPSA) is 133 Å². The van der Waals surface area contributed by atoms with Crippen LogP contribution in [0.2, 0.25) is 0 Å². The summed E-state index contributed by atoms with van der Waals surface area (Å²) in [5, 5.41) is 11.9. The first-order valence-electron chi connectivity index (χ1n) is 10.8. The number of anilines is 1. The standard InChI is InChI=1S/C27H16N4O5/c1-15(12-13-28)31-25(33)19-11-8-17(14-21(19)26(31)34)23(32)29-18-9-6-16(7-10-18)24-30-22-5-3-2-4-20(22)27(35)36-24/h2-12,14H,1H3,(H,29,32)/b15-12+. The number of imide groups is 1. The predicted molar refractivity (Wildman–Crippen MR) is 130 cm³/mol. The Hall–Kier alpha value is -5.36. The largest absolute Gasteiger partial charge is 0.403 e. The van der Waals surface area contributed by atoms with Crippen LogP contribution in [-0.2, 0) is 0 Å². The lowest BCUT2D eigenvalue weighted by atomic mass is 10.1. The summed E-state index contributed by atoms with van der Waals surface area (Å²) in [7, 11) is 0. The molecule has 0 saturated carbocycles. The van der Waals surface area contributed by atoms with Crippen molar-refractivity contribution in [1.82, 2.24) is 9.88 Å². The highest BCUT2D eigenvalue weighted by atomic mass is 16.4. The molecule has 3 amide bonds. The molecule has 5 rings (SSSR count). The van der Waals surface area contributed by atoms with Crippen molar-refractivity contribution >= 4 is 34.3 Å². The van der Waals surface area contributed by atoms with Crippen molar-refractivity contribution in [1.29, 1.82) is 5.26 Å². The first-order chi connectivity index (χ1) is 17.4. The molecule has 0 atom stereocenters. The molecule has 3 aromatic carbocycles. The molecule has 0 unspecified atom stereocenters. The summed E-state index contributed by atoms with van der Waals surface area (Å²) in [6, 6.07) is 19.5. The molecule has 0 radical (unpaired) electrons. The lowest BCUT2D eigenvalue weighted by Crippen LogP contribution is -2.27. The van der Waals surface area contributed by atoms with E-state index in [2.05, 4.69) is 10.3 Å². The smallest absolute Gasteiger partial charge is 0.347 e. The summed E-state index contributed by atoms with van der Waals surface area (Å²) < 4.78 is 5.33. The number of nitrogens with zero attached hydrogens (tertiary/aromatic N) is 3. The lowest BCUT2D eigenvalue weighted by Gasteiger charge is -2.12. The van der Waals surface area contributed by atoms with Crippen LogP contribution in [-0.4, -0.2) is 27.6 Å². The molecule has 1 aliphatic heterocycles. The number of allylic oxidation sites excluding steroid dienone is 2. The summed E-state index contributed by atoms with van der Waals surface area (Å²) >= 11 is 0. The van der Waals surface area contributed by atoms with Crippen LogP contribution in [0.25, 0.3) is 22.4 Å². The molecule has 0 bridgehead atoms. The molecule has 4 aromatic rings. The zero-order chi connectivity index (χ0) is 25.4. The Kier molecular flexibility index (Phi) is 5.47. The summed E-state index contributed by atoms with van der Waals surface area (Å²) in [6.07, 6.45) is 1.11. The van der Waals surface area contributed by atoms with E-state index in [0.717, 1.165) is 11.0 Å². The van der Waals surface area contributed by atoms with Crippen LogP contribution < -0.4 is 10.9 Å². The van der Waals surface area contributed by atoms with Crippen LogP contribution in [0.5, 0.6) is 0 Å². The highest BCUT2D eigenvalue weighted by Gasteiger charge is 2.37. The van der Waals surface area contributed by atoms with Gasteiger partial charge in [0.15, 0.2) is 0 Å². The fraction of sp³-hybridized carbons (Fsp3) is 0.0370. The Balaban J connectivity index is 1.36. The van der Waals surface area contributed by atoms with Crippen LogP contribution in [0.1, 0.15) is 38.0 Å². The SMILES string of the molecule is C/C(=C\C#N)N1C(=O)c2ccc(C(=O)Nc3ccc(-c4nc5ccccc5c(=O)o4)cc3)cc2C1=O. The van der Waals surface area contributed by atoms with Crippen molar-refractivity contribution in [3.8, 4) is 17.5 Å². The van der Waals surface area contributed by atoms with Gasteiger partial charge in [-0.2, -0.15) is 5.26 Å². The van der Waals surface area contributed by atoms with Crippen LogP contribution in [0.3, 0.4) is 0 Å². The monoisotopic (exact) mass is 476 g/mol. The Bertz CT molecular complexity index is 1710. The van der Waals surface area contributed by atoms with Crippen molar-refractivity contribution < 1.29 is 18.8 Å². The van der Waals surface area contributed by atoms with Crippen LogP contribution in [0.15, 0.2) is 87.7 Å². The molecule has 0 spiro atoms. The first-order valence-corrected chi connectivity index (χ1v) is 10.8. The Labute approximate surface area is 203 Å². The van der Waals surface area contributed by atoms with E-state index in [1.54, 1.807) is 54.6 Å². The minimum absolute atomic E-state index is 0.0890. The zero-order valence-corrected chi connectivity index (χ0v) is 18.8. The predicted octanol–water partition coefficient (Wildman–Crippen LogP) is 4.13. The van der Waals surface area contributed by atoms with Gasteiger partial charge in [-0.05, 0) is 61.5 Å². The number of carbonyl (C=O) groups excluding carboxylic acids is 3. The molecule has 36 heavy (non-hydrogen) atoms. The normalized spacial score (nSPS) is 13.0. The van der Waals surface area contributed by atoms with Gasteiger partial charge in [-0.3, -0.25) is 14.4 Å². The summed E-state index contributed by atoms with van der Waals surface area (Å²) in [4.78, 5) is 55.6. The molecule has 9 nitrogen and oxygen atoms in total. The van der Waals surface area contributed by atoms with Crippen LogP contribution in [0, 0.1) is 11.3 Å². The van der Waals surface area contributed by atoms with Gasteiger partial charge in [0.05, 0.1) is 28.1 Å². The number of amides is 3. The van der Waals surface area contributed by atoms with E-state index in [4.69, 9.17) is 9.68 Å². The molecular weight excluding hydrogens is 460 g/mol. The Morgan fingerprint density at radius 2 is 1.72 bits per heavy atom. The average molecular weight is 476 g/mol. The van der Waals surface area contributed by atoms with E-state index < -0.39 is 23.3 Å². The minimum atomic E-state index is -0.595. The number of benzene rings is 3. The second kappa shape index (κ2) is 8.77. The number of nitriles is 1. The van der Waals surface area contributed by atoms with Gasteiger partial charge in [-0.15, -0.1) is 0 Å². The quantitative estimate of drug-likeness (QED) is 0.346. The third kappa shape index (κ3) is 3.82. The molecule has 2 heterocycles. The fourth-order valence-corrected chi connectivity index (χ4v) is 3.90. The number of aromatic nitrogens is 1. The second-order valence-electron chi connectivity index (χ2n) is 7.98. The number of fused-ring (bicyclic) bond motifs is 2. The zero-order valence-electron chi connectivity index (χ0n) is 18.8.